The van der Waals surface area contributed by atoms with Crippen molar-refractivity contribution in [2.45, 2.75) is 20.4 Å². The van der Waals surface area contributed by atoms with Gasteiger partial charge in [-0.25, -0.2) is 14.1 Å². The quantitative estimate of drug-likeness (QED) is 0.501. The number of ether oxygens (including phenoxy) is 1. The maximum absolute atomic E-state index is 14.0. The summed E-state index contributed by atoms with van der Waals surface area (Å²) in [7, 11) is 1.52. The summed E-state index contributed by atoms with van der Waals surface area (Å²) in [6.07, 6.45) is 4.71. The van der Waals surface area contributed by atoms with Crippen LogP contribution < -0.4 is 10.3 Å². The highest BCUT2D eigenvalue weighted by molar-refractivity contribution is 5.63. The normalized spacial score (nSPS) is 10.9. The van der Waals surface area contributed by atoms with E-state index in [0.717, 1.165) is 5.56 Å². The summed E-state index contributed by atoms with van der Waals surface area (Å²) in [5.41, 5.74) is 2.93. The number of methoxy groups -OCH3 is 1. The predicted octanol–water partition coefficient (Wildman–Crippen LogP) is 3.17. The Morgan fingerprint density at radius 1 is 1.10 bits per heavy atom. The van der Waals surface area contributed by atoms with Gasteiger partial charge in [-0.15, -0.1) is 0 Å². The highest BCUT2D eigenvalue weighted by Gasteiger charge is 2.18. The number of hydrogen-bond donors (Lipinski definition) is 0. The molecule has 4 heterocycles. The van der Waals surface area contributed by atoms with Crippen LogP contribution in [0.3, 0.4) is 0 Å². The standard InChI is InChI=1S/C21H18FN5O3/c1-12-18(22)6-16(9-24-12)21-17(13(2)30-26-21)11-27-20(28)8-15(10-25-27)14-4-5-23-19(7-14)29-3/h4-10H,11H2,1-3H3. The van der Waals surface area contributed by atoms with Crippen molar-refractivity contribution in [3.63, 3.8) is 0 Å². The number of nitrogens with zero attached hydrogens (tertiary/aromatic N) is 5. The lowest BCUT2D eigenvalue weighted by molar-refractivity contribution is 0.397. The van der Waals surface area contributed by atoms with Crippen molar-refractivity contribution in [2.75, 3.05) is 7.11 Å². The van der Waals surface area contributed by atoms with E-state index in [2.05, 4.69) is 20.2 Å². The van der Waals surface area contributed by atoms with Gasteiger partial charge in [-0.05, 0) is 31.5 Å². The van der Waals surface area contributed by atoms with Crippen LogP contribution >= 0.6 is 0 Å². The summed E-state index contributed by atoms with van der Waals surface area (Å²) in [5, 5.41) is 8.30. The van der Waals surface area contributed by atoms with Gasteiger partial charge < -0.3 is 9.26 Å². The second-order valence-electron chi connectivity index (χ2n) is 6.68. The third kappa shape index (κ3) is 3.69. The summed E-state index contributed by atoms with van der Waals surface area (Å²) in [6, 6.07) is 6.32. The van der Waals surface area contributed by atoms with E-state index in [9.17, 15) is 9.18 Å². The molecule has 0 aliphatic heterocycles. The maximum atomic E-state index is 14.0. The van der Waals surface area contributed by atoms with Gasteiger partial charge >= 0.3 is 0 Å². The first-order chi connectivity index (χ1) is 14.5. The van der Waals surface area contributed by atoms with Gasteiger partial charge in [-0.1, -0.05) is 5.16 Å². The fourth-order valence-corrected chi connectivity index (χ4v) is 3.00. The first kappa shape index (κ1) is 19.4. The molecule has 4 aromatic heterocycles. The largest absolute Gasteiger partial charge is 0.481 e. The van der Waals surface area contributed by atoms with Gasteiger partial charge in [0, 0.05) is 41.2 Å². The maximum Gasteiger partial charge on any atom is 0.267 e. The third-order valence-corrected chi connectivity index (χ3v) is 4.74. The molecule has 4 rings (SSSR count). The Bertz CT molecular complexity index is 1280. The van der Waals surface area contributed by atoms with E-state index in [1.807, 2.05) is 0 Å². The summed E-state index contributed by atoms with van der Waals surface area (Å²) >= 11 is 0. The highest BCUT2D eigenvalue weighted by Crippen LogP contribution is 2.26. The molecule has 0 spiro atoms. The van der Waals surface area contributed by atoms with Crippen molar-refractivity contribution in [3.8, 4) is 28.3 Å². The molecule has 0 aromatic carbocycles. The highest BCUT2D eigenvalue weighted by atomic mass is 19.1. The molecule has 9 heteroatoms. The topological polar surface area (TPSA) is 95.9 Å². The van der Waals surface area contributed by atoms with Crippen LogP contribution in [0.1, 0.15) is 17.0 Å². The summed E-state index contributed by atoms with van der Waals surface area (Å²) in [5.74, 6) is 0.523. The fraction of sp³-hybridized carbons (Fsp3) is 0.190. The molecule has 0 aliphatic rings. The van der Waals surface area contributed by atoms with Crippen LogP contribution in [0.15, 0.2) is 52.2 Å². The summed E-state index contributed by atoms with van der Waals surface area (Å²) in [4.78, 5) is 20.8. The van der Waals surface area contributed by atoms with Gasteiger partial charge in [-0.2, -0.15) is 5.10 Å². The van der Waals surface area contributed by atoms with Gasteiger partial charge in [0.05, 0.1) is 25.5 Å². The molecule has 0 N–H and O–H groups in total. The van der Waals surface area contributed by atoms with Crippen molar-refractivity contribution >= 4 is 0 Å². The zero-order valence-corrected chi connectivity index (χ0v) is 16.6. The average molecular weight is 407 g/mol. The second-order valence-corrected chi connectivity index (χ2v) is 6.68. The minimum absolute atomic E-state index is 0.124. The van der Waals surface area contributed by atoms with Gasteiger partial charge in [0.25, 0.3) is 5.56 Å². The van der Waals surface area contributed by atoms with E-state index in [1.165, 1.54) is 30.1 Å². The minimum atomic E-state index is -0.438. The molecule has 30 heavy (non-hydrogen) atoms. The number of aryl methyl sites for hydroxylation is 2. The molecule has 0 saturated heterocycles. The second kappa shape index (κ2) is 7.86. The number of pyridine rings is 2. The lowest BCUT2D eigenvalue weighted by Gasteiger charge is -2.08. The Kier molecular flexibility index (Phi) is 5.09. The summed E-state index contributed by atoms with van der Waals surface area (Å²) in [6.45, 7) is 3.43. The minimum Gasteiger partial charge on any atom is -0.481 e. The molecule has 0 fully saturated rings. The van der Waals surface area contributed by atoms with Crippen molar-refractivity contribution in [1.82, 2.24) is 24.9 Å². The Hall–Kier alpha value is -3.88. The molecule has 0 radical (unpaired) electrons. The van der Waals surface area contributed by atoms with E-state index in [4.69, 9.17) is 9.26 Å². The molecule has 0 bridgehead atoms. The molecule has 0 aliphatic carbocycles. The van der Waals surface area contributed by atoms with Crippen molar-refractivity contribution in [2.24, 2.45) is 0 Å². The van der Waals surface area contributed by atoms with E-state index >= 15 is 0 Å². The summed E-state index contributed by atoms with van der Waals surface area (Å²) < 4.78 is 25.7. The van der Waals surface area contributed by atoms with E-state index in [0.29, 0.717) is 39.7 Å². The Morgan fingerprint density at radius 2 is 1.93 bits per heavy atom. The van der Waals surface area contributed by atoms with Gasteiger partial charge in [0.2, 0.25) is 5.88 Å². The first-order valence-corrected chi connectivity index (χ1v) is 9.11. The number of rotatable bonds is 5. The fourth-order valence-electron chi connectivity index (χ4n) is 3.00. The van der Waals surface area contributed by atoms with Crippen LogP contribution in [0.5, 0.6) is 5.88 Å². The van der Waals surface area contributed by atoms with Crippen LogP contribution in [0, 0.1) is 19.7 Å². The smallest absolute Gasteiger partial charge is 0.267 e. The van der Waals surface area contributed by atoms with Gasteiger partial charge in [0.15, 0.2) is 0 Å². The van der Waals surface area contributed by atoms with Crippen molar-refractivity contribution < 1.29 is 13.7 Å². The molecule has 0 unspecified atom stereocenters. The first-order valence-electron chi connectivity index (χ1n) is 9.11. The van der Waals surface area contributed by atoms with Gasteiger partial charge in [-0.3, -0.25) is 9.78 Å². The third-order valence-electron chi connectivity index (χ3n) is 4.74. The van der Waals surface area contributed by atoms with Crippen molar-refractivity contribution in [3.05, 3.63) is 76.0 Å². The van der Waals surface area contributed by atoms with Crippen LogP contribution in [-0.2, 0) is 6.54 Å². The number of aromatic nitrogens is 5. The molecule has 8 nitrogen and oxygen atoms in total. The molecule has 152 valence electrons. The molecular weight excluding hydrogens is 389 g/mol. The van der Waals surface area contributed by atoms with E-state index in [1.54, 1.807) is 38.4 Å². The van der Waals surface area contributed by atoms with Gasteiger partial charge in [0.1, 0.15) is 17.3 Å². The van der Waals surface area contributed by atoms with E-state index < -0.39 is 5.82 Å². The number of hydrogen-bond acceptors (Lipinski definition) is 7. The molecule has 0 atom stereocenters. The van der Waals surface area contributed by atoms with Crippen LogP contribution in [0.4, 0.5) is 4.39 Å². The molecule has 0 saturated carbocycles. The van der Waals surface area contributed by atoms with Crippen LogP contribution in [0.25, 0.3) is 22.4 Å². The molecule has 0 amide bonds. The Morgan fingerprint density at radius 3 is 2.67 bits per heavy atom. The average Bonchev–Trinajstić information content (AvgIpc) is 3.11. The molecule has 4 aromatic rings. The van der Waals surface area contributed by atoms with Crippen molar-refractivity contribution in [1.29, 1.82) is 0 Å². The predicted molar refractivity (Wildman–Crippen MR) is 107 cm³/mol. The zero-order valence-electron chi connectivity index (χ0n) is 16.6. The zero-order chi connectivity index (χ0) is 21.3. The Labute approximate surface area is 171 Å². The number of halogens is 1. The lowest BCUT2D eigenvalue weighted by Crippen LogP contribution is -2.23. The lowest BCUT2D eigenvalue weighted by atomic mass is 10.1. The van der Waals surface area contributed by atoms with Crippen LogP contribution in [-0.4, -0.2) is 32.0 Å². The molecular formula is C21H18FN5O3. The Balaban J connectivity index is 1.68. The SMILES string of the molecule is COc1cc(-c2cnn(Cc3c(-c4cnc(C)c(F)c4)noc3C)c(=O)c2)ccn1. The monoisotopic (exact) mass is 407 g/mol. The van der Waals surface area contributed by atoms with E-state index in [-0.39, 0.29) is 12.1 Å². The van der Waals surface area contributed by atoms with Crippen LogP contribution in [0.2, 0.25) is 0 Å².